The number of nitrogens with zero attached hydrogens (tertiary/aromatic N) is 1. The summed E-state index contributed by atoms with van der Waals surface area (Å²) in [5.41, 5.74) is 3.39. The van der Waals surface area contributed by atoms with Crippen LogP contribution in [-0.2, 0) is 17.6 Å². The standard InChI is InChI=1S/C22H27NO3/c1-16-6-8-17(9-7-16)12-19-15-23(11-10-21(19)24)22(25)14-18-4-3-5-20(13-18)26-2/h3-9,13,19,21,24H,10-12,14-15H2,1-2H3/t19-,21-/m1/s1. The number of rotatable bonds is 5. The van der Waals surface area contributed by atoms with Gasteiger partial charge in [0.1, 0.15) is 5.75 Å². The van der Waals surface area contributed by atoms with Crippen molar-refractivity contribution in [3.05, 3.63) is 65.2 Å². The van der Waals surface area contributed by atoms with Gasteiger partial charge in [0.05, 0.1) is 19.6 Å². The van der Waals surface area contributed by atoms with Crippen LogP contribution < -0.4 is 4.74 Å². The van der Waals surface area contributed by atoms with Gasteiger partial charge in [0.2, 0.25) is 5.91 Å². The highest BCUT2D eigenvalue weighted by molar-refractivity contribution is 5.79. The molecule has 1 N–H and O–H groups in total. The van der Waals surface area contributed by atoms with Crippen LogP contribution in [0.4, 0.5) is 0 Å². The van der Waals surface area contributed by atoms with Crippen LogP contribution in [0.5, 0.6) is 5.75 Å². The number of aliphatic hydroxyl groups is 1. The van der Waals surface area contributed by atoms with Gasteiger partial charge < -0.3 is 14.7 Å². The first-order chi connectivity index (χ1) is 12.5. The molecule has 0 saturated carbocycles. The van der Waals surface area contributed by atoms with Crippen LogP contribution in [0, 0.1) is 12.8 Å². The Morgan fingerprint density at radius 3 is 2.69 bits per heavy atom. The molecular weight excluding hydrogens is 326 g/mol. The molecule has 0 radical (unpaired) electrons. The van der Waals surface area contributed by atoms with E-state index in [0.29, 0.717) is 25.9 Å². The molecule has 1 amide bonds. The molecule has 0 spiro atoms. The highest BCUT2D eigenvalue weighted by Crippen LogP contribution is 2.23. The fourth-order valence-corrected chi connectivity index (χ4v) is 3.54. The molecule has 0 unspecified atom stereocenters. The van der Waals surface area contributed by atoms with Gasteiger partial charge >= 0.3 is 0 Å². The van der Waals surface area contributed by atoms with Crippen molar-refractivity contribution in [3.8, 4) is 5.75 Å². The summed E-state index contributed by atoms with van der Waals surface area (Å²) in [6, 6.07) is 16.0. The Morgan fingerprint density at radius 2 is 1.96 bits per heavy atom. The predicted octanol–water partition coefficient (Wildman–Crippen LogP) is 3.00. The third-order valence-corrected chi connectivity index (χ3v) is 5.15. The van der Waals surface area contributed by atoms with Crippen molar-refractivity contribution >= 4 is 5.91 Å². The Bertz CT molecular complexity index is 741. The summed E-state index contributed by atoms with van der Waals surface area (Å²) >= 11 is 0. The number of benzene rings is 2. The summed E-state index contributed by atoms with van der Waals surface area (Å²) < 4.78 is 5.23. The monoisotopic (exact) mass is 353 g/mol. The molecule has 1 heterocycles. The molecule has 138 valence electrons. The first-order valence-corrected chi connectivity index (χ1v) is 9.19. The van der Waals surface area contributed by atoms with Gasteiger partial charge in [0.15, 0.2) is 0 Å². The fraction of sp³-hybridized carbons (Fsp3) is 0.409. The van der Waals surface area contributed by atoms with E-state index in [-0.39, 0.29) is 17.9 Å². The summed E-state index contributed by atoms with van der Waals surface area (Å²) in [7, 11) is 1.63. The average Bonchev–Trinajstić information content (AvgIpc) is 2.65. The number of hydrogen-bond acceptors (Lipinski definition) is 3. The number of hydrogen-bond donors (Lipinski definition) is 1. The van der Waals surface area contributed by atoms with E-state index in [1.165, 1.54) is 11.1 Å². The van der Waals surface area contributed by atoms with Crippen LogP contribution in [0.3, 0.4) is 0 Å². The molecule has 2 aromatic carbocycles. The molecule has 0 aromatic heterocycles. The topological polar surface area (TPSA) is 49.8 Å². The van der Waals surface area contributed by atoms with Gasteiger partial charge in [0.25, 0.3) is 0 Å². The van der Waals surface area contributed by atoms with Crippen molar-refractivity contribution in [2.24, 2.45) is 5.92 Å². The predicted molar refractivity (Wildman–Crippen MR) is 102 cm³/mol. The van der Waals surface area contributed by atoms with Crippen molar-refractivity contribution in [2.75, 3.05) is 20.2 Å². The van der Waals surface area contributed by atoms with Gasteiger partial charge in [-0.3, -0.25) is 4.79 Å². The Kier molecular flexibility index (Phi) is 5.94. The van der Waals surface area contributed by atoms with Crippen molar-refractivity contribution in [2.45, 2.75) is 32.3 Å². The molecular formula is C22H27NO3. The number of amides is 1. The lowest BCUT2D eigenvalue weighted by molar-refractivity contribution is -0.134. The zero-order valence-electron chi connectivity index (χ0n) is 15.5. The number of aryl methyl sites for hydroxylation is 1. The first-order valence-electron chi connectivity index (χ1n) is 9.19. The fourth-order valence-electron chi connectivity index (χ4n) is 3.54. The maximum atomic E-state index is 12.7. The minimum absolute atomic E-state index is 0.0840. The SMILES string of the molecule is COc1cccc(CC(=O)N2CC[C@@H](O)[C@H](Cc3ccc(C)cc3)C2)c1. The summed E-state index contributed by atoms with van der Waals surface area (Å²) in [4.78, 5) is 14.6. The third-order valence-electron chi connectivity index (χ3n) is 5.15. The third kappa shape index (κ3) is 4.64. The minimum Gasteiger partial charge on any atom is -0.497 e. The molecule has 2 atom stereocenters. The summed E-state index contributed by atoms with van der Waals surface area (Å²) in [6.07, 6.45) is 1.45. The lowest BCUT2D eigenvalue weighted by Crippen LogP contribution is -2.47. The highest BCUT2D eigenvalue weighted by atomic mass is 16.5. The van der Waals surface area contributed by atoms with E-state index in [9.17, 15) is 9.90 Å². The Hall–Kier alpha value is -2.33. The Balaban J connectivity index is 1.62. The van der Waals surface area contributed by atoms with Crippen molar-refractivity contribution in [1.29, 1.82) is 0 Å². The largest absolute Gasteiger partial charge is 0.497 e. The summed E-state index contributed by atoms with van der Waals surface area (Å²) in [6.45, 7) is 3.30. The van der Waals surface area contributed by atoms with Crippen molar-refractivity contribution in [3.63, 3.8) is 0 Å². The number of ether oxygens (including phenoxy) is 1. The van der Waals surface area contributed by atoms with E-state index in [1.807, 2.05) is 29.2 Å². The smallest absolute Gasteiger partial charge is 0.227 e. The molecule has 3 rings (SSSR count). The molecule has 1 aliphatic rings. The Labute approximate surface area is 155 Å². The van der Waals surface area contributed by atoms with Gasteiger partial charge in [-0.05, 0) is 43.0 Å². The highest BCUT2D eigenvalue weighted by Gasteiger charge is 2.30. The molecule has 1 fully saturated rings. The van der Waals surface area contributed by atoms with Gasteiger partial charge in [-0.15, -0.1) is 0 Å². The maximum Gasteiger partial charge on any atom is 0.227 e. The molecule has 4 heteroatoms. The Morgan fingerprint density at radius 1 is 1.19 bits per heavy atom. The number of likely N-dealkylation sites (tertiary alicyclic amines) is 1. The second-order valence-electron chi connectivity index (χ2n) is 7.17. The van der Waals surface area contributed by atoms with Crippen LogP contribution in [0.1, 0.15) is 23.1 Å². The zero-order valence-corrected chi connectivity index (χ0v) is 15.5. The first kappa shape index (κ1) is 18.5. The van der Waals surface area contributed by atoms with E-state index in [4.69, 9.17) is 4.74 Å². The molecule has 1 saturated heterocycles. The van der Waals surface area contributed by atoms with Gasteiger partial charge in [-0.1, -0.05) is 42.0 Å². The van der Waals surface area contributed by atoms with E-state index >= 15 is 0 Å². The van der Waals surface area contributed by atoms with E-state index in [1.54, 1.807) is 7.11 Å². The number of methoxy groups -OCH3 is 1. The molecule has 0 aliphatic carbocycles. The second kappa shape index (κ2) is 8.37. The normalized spacial score (nSPS) is 20.0. The van der Waals surface area contributed by atoms with E-state index in [0.717, 1.165) is 17.7 Å². The molecule has 2 aromatic rings. The van der Waals surface area contributed by atoms with E-state index in [2.05, 4.69) is 31.2 Å². The van der Waals surface area contributed by atoms with Crippen molar-refractivity contribution in [1.82, 2.24) is 4.90 Å². The van der Waals surface area contributed by atoms with E-state index < -0.39 is 0 Å². The van der Waals surface area contributed by atoms with Crippen LogP contribution in [-0.4, -0.2) is 42.2 Å². The van der Waals surface area contributed by atoms with Gasteiger partial charge in [-0.25, -0.2) is 0 Å². The van der Waals surface area contributed by atoms with Gasteiger partial charge in [-0.2, -0.15) is 0 Å². The second-order valence-corrected chi connectivity index (χ2v) is 7.17. The lowest BCUT2D eigenvalue weighted by atomic mass is 9.88. The van der Waals surface area contributed by atoms with Crippen LogP contribution in [0.2, 0.25) is 0 Å². The summed E-state index contributed by atoms with van der Waals surface area (Å²) in [5.74, 6) is 0.960. The molecule has 1 aliphatic heterocycles. The molecule has 0 bridgehead atoms. The number of piperidine rings is 1. The zero-order chi connectivity index (χ0) is 18.5. The van der Waals surface area contributed by atoms with Gasteiger partial charge in [0, 0.05) is 19.0 Å². The quantitative estimate of drug-likeness (QED) is 0.899. The number of carbonyl (C=O) groups is 1. The maximum absolute atomic E-state index is 12.7. The van der Waals surface area contributed by atoms with Crippen molar-refractivity contribution < 1.29 is 14.6 Å². The number of aliphatic hydroxyl groups excluding tert-OH is 1. The minimum atomic E-state index is -0.350. The van der Waals surface area contributed by atoms with Crippen LogP contribution >= 0.6 is 0 Å². The molecule has 4 nitrogen and oxygen atoms in total. The van der Waals surface area contributed by atoms with Crippen LogP contribution in [0.25, 0.3) is 0 Å². The average molecular weight is 353 g/mol. The lowest BCUT2D eigenvalue weighted by Gasteiger charge is -2.36. The van der Waals surface area contributed by atoms with Crippen LogP contribution in [0.15, 0.2) is 48.5 Å². The molecule has 26 heavy (non-hydrogen) atoms. The summed E-state index contributed by atoms with van der Waals surface area (Å²) in [5, 5.41) is 10.4. The number of carbonyl (C=O) groups excluding carboxylic acids is 1.